The smallest absolute Gasteiger partial charge is 0.0277 e. The van der Waals surface area contributed by atoms with Gasteiger partial charge in [-0.25, -0.2) is 0 Å². The molecule has 0 bridgehead atoms. The molecule has 0 amide bonds. The molecule has 1 aliphatic carbocycles. The third-order valence-corrected chi connectivity index (χ3v) is 3.52. The second kappa shape index (κ2) is 3.16. The monoisotopic (exact) mass is 156 g/mol. The van der Waals surface area contributed by atoms with Gasteiger partial charge in [-0.1, -0.05) is 48.0 Å². The van der Waals surface area contributed by atoms with Gasteiger partial charge in [0.05, 0.1) is 0 Å². The van der Waals surface area contributed by atoms with E-state index in [4.69, 9.17) is 0 Å². The maximum Gasteiger partial charge on any atom is -0.0277 e. The van der Waals surface area contributed by atoms with Crippen LogP contribution in [-0.4, -0.2) is 0 Å². The largest absolute Gasteiger partial charge is 0.0776 e. The van der Waals surface area contributed by atoms with Crippen molar-refractivity contribution in [1.82, 2.24) is 0 Å². The maximum absolute atomic E-state index is 2.44. The molecule has 0 aromatic rings. The van der Waals surface area contributed by atoms with Crippen LogP contribution in [0.25, 0.3) is 0 Å². The summed E-state index contributed by atoms with van der Waals surface area (Å²) < 4.78 is 0. The Labute approximate surface area is 72.4 Å². The van der Waals surface area contributed by atoms with Crippen LogP contribution in [-0.2, 0) is 0 Å². The Hall–Kier alpha value is 0. The summed E-state index contributed by atoms with van der Waals surface area (Å²) in [6.07, 6.45) is 5.79. The Balaban J connectivity index is 0.000001000. The molecule has 0 radical (unpaired) electrons. The van der Waals surface area contributed by atoms with E-state index in [1.807, 2.05) is 0 Å². The van der Waals surface area contributed by atoms with Gasteiger partial charge >= 0.3 is 0 Å². The molecule has 1 fully saturated rings. The van der Waals surface area contributed by atoms with Crippen LogP contribution in [0.5, 0.6) is 0 Å². The predicted molar refractivity (Wildman–Crippen MR) is 52.8 cm³/mol. The van der Waals surface area contributed by atoms with Gasteiger partial charge in [0.15, 0.2) is 0 Å². The van der Waals surface area contributed by atoms with Crippen molar-refractivity contribution in [2.45, 2.75) is 60.8 Å². The zero-order valence-corrected chi connectivity index (χ0v) is 7.83. The van der Waals surface area contributed by atoms with Crippen LogP contribution < -0.4 is 0 Å². The average molecular weight is 156 g/mol. The van der Waals surface area contributed by atoms with E-state index >= 15 is 0 Å². The topological polar surface area (TPSA) is 0 Å². The number of hydrogen-bond donors (Lipinski definition) is 0. The minimum absolute atomic E-state index is 0. The van der Waals surface area contributed by atoms with Crippen molar-refractivity contribution in [3.05, 3.63) is 0 Å². The summed E-state index contributed by atoms with van der Waals surface area (Å²) in [7, 11) is 0. The van der Waals surface area contributed by atoms with Crippen LogP contribution in [0.2, 0.25) is 0 Å². The first kappa shape index (κ1) is 11.0. The van der Waals surface area contributed by atoms with Crippen LogP contribution in [0.15, 0.2) is 0 Å². The third-order valence-electron chi connectivity index (χ3n) is 3.52. The van der Waals surface area contributed by atoms with Gasteiger partial charge in [-0.15, -0.1) is 0 Å². The SMILES string of the molecule is C.CC(C)(C)C1(C)CCCC1. The molecule has 1 rings (SSSR count). The highest BCUT2D eigenvalue weighted by atomic mass is 14.4. The Morgan fingerprint density at radius 3 is 1.55 bits per heavy atom. The van der Waals surface area contributed by atoms with Crippen molar-refractivity contribution in [3.8, 4) is 0 Å². The van der Waals surface area contributed by atoms with Crippen LogP contribution >= 0.6 is 0 Å². The summed E-state index contributed by atoms with van der Waals surface area (Å²) in [5, 5.41) is 0. The third kappa shape index (κ3) is 1.98. The maximum atomic E-state index is 2.44. The van der Waals surface area contributed by atoms with E-state index in [2.05, 4.69) is 27.7 Å². The first-order valence-electron chi connectivity index (χ1n) is 4.46. The van der Waals surface area contributed by atoms with Crippen molar-refractivity contribution >= 4 is 0 Å². The van der Waals surface area contributed by atoms with Crippen molar-refractivity contribution < 1.29 is 0 Å². The molecule has 0 unspecified atom stereocenters. The van der Waals surface area contributed by atoms with Gasteiger partial charge < -0.3 is 0 Å². The first-order chi connectivity index (χ1) is 4.46. The number of hydrogen-bond acceptors (Lipinski definition) is 0. The molecule has 0 spiro atoms. The standard InChI is InChI=1S/C10H20.CH4/c1-9(2,3)10(4)7-5-6-8-10;/h5-8H2,1-4H3;1H4. The molecule has 11 heavy (non-hydrogen) atoms. The van der Waals surface area contributed by atoms with Gasteiger partial charge in [0.1, 0.15) is 0 Å². The van der Waals surface area contributed by atoms with Crippen molar-refractivity contribution in [1.29, 1.82) is 0 Å². The van der Waals surface area contributed by atoms with Gasteiger partial charge in [0, 0.05) is 0 Å². The summed E-state index contributed by atoms with van der Waals surface area (Å²) in [5.74, 6) is 0. The van der Waals surface area contributed by atoms with Gasteiger partial charge in [-0.05, 0) is 23.7 Å². The van der Waals surface area contributed by atoms with Crippen molar-refractivity contribution in [2.75, 3.05) is 0 Å². The van der Waals surface area contributed by atoms with Crippen LogP contribution in [0.4, 0.5) is 0 Å². The fourth-order valence-corrected chi connectivity index (χ4v) is 1.91. The first-order valence-corrected chi connectivity index (χ1v) is 4.46. The highest BCUT2D eigenvalue weighted by Gasteiger charge is 2.39. The fourth-order valence-electron chi connectivity index (χ4n) is 1.91. The molecular formula is C11H24. The molecule has 1 aliphatic rings. The lowest BCUT2D eigenvalue weighted by Crippen LogP contribution is -2.29. The lowest BCUT2D eigenvalue weighted by atomic mass is 9.67. The molecular weight excluding hydrogens is 132 g/mol. The quantitative estimate of drug-likeness (QED) is 0.492. The van der Waals surface area contributed by atoms with Crippen molar-refractivity contribution in [2.24, 2.45) is 10.8 Å². The molecule has 0 aromatic heterocycles. The predicted octanol–water partition coefficient (Wildman–Crippen LogP) is 4.25. The van der Waals surface area contributed by atoms with Crippen molar-refractivity contribution in [3.63, 3.8) is 0 Å². The average Bonchev–Trinajstić information content (AvgIpc) is 2.13. The molecule has 1 saturated carbocycles. The summed E-state index contributed by atoms with van der Waals surface area (Å²) in [4.78, 5) is 0. The highest BCUT2D eigenvalue weighted by molar-refractivity contribution is 4.89. The Kier molecular flexibility index (Phi) is 3.16. The summed E-state index contributed by atoms with van der Waals surface area (Å²) in [5.41, 5.74) is 1.15. The molecule has 0 aliphatic heterocycles. The summed E-state index contributed by atoms with van der Waals surface area (Å²) in [6.45, 7) is 9.56. The minimum Gasteiger partial charge on any atom is -0.0776 e. The normalized spacial score (nSPS) is 22.9. The molecule has 0 aromatic carbocycles. The van der Waals surface area contributed by atoms with Gasteiger partial charge in [0.2, 0.25) is 0 Å². The van der Waals surface area contributed by atoms with E-state index < -0.39 is 0 Å². The minimum atomic E-state index is 0. The lowest BCUT2D eigenvalue weighted by Gasteiger charge is -2.38. The Bertz CT molecular complexity index is 110. The van der Waals surface area contributed by atoms with Crippen LogP contribution in [0, 0.1) is 10.8 Å². The van der Waals surface area contributed by atoms with E-state index in [0.717, 1.165) is 0 Å². The molecule has 0 atom stereocenters. The zero-order valence-electron chi connectivity index (χ0n) is 7.83. The van der Waals surface area contributed by atoms with Gasteiger partial charge in [0.25, 0.3) is 0 Å². The molecule has 0 saturated heterocycles. The molecule has 0 heterocycles. The second-order valence-electron chi connectivity index (χ2n) is 5.02. The van der Waals surface area contributed by atoms with Crippen LogP contribution in [0.3, 0.4) is 0 Å². The van der Waals surface area contributed by atoms with Gasteiger partial charge in [-0.3, -0.25) is 0 Å². The van der Waals surface area contributed by atoms with E-state index in [9.17, 15) is 0 Å². The summed E-state index contributed by atoms with van der Waals surface area (Å²) >= 11 is 0. The van der Waals surface area contributed by atoms with E-state index in [1.54, 1.807) is 0 Å². The van der Waals surface area contributed by atoms with E-state index in [-0.39, 0.29) is 7.43 Å². The zero-order chi connectivity index (χ0) is 7.83. The van der Waals surface area contributed by atoms with Gasteiger partial charge in [-0.2, -0.15) is 0 Å². The Morgan fingerprint density at radius 1 is 1.00 bits per heavy atom. The highest BCUT2D eigenvalue weighted by Crippen LogP contribution is 2.50. The molecule has 0 nitrogen and oxygen atoms in total. The molecule has 0 heteroatoms. The number of rotatable bonds is 0. The second-order valence-corrected chi connectivity index (χ2v) is 5.02. The molecule has 0 N–H and O–H groups in total. The summed E-state index contributed by atoms with van der Waals surface area (Å²) in [6, 6.07) is 0. The Morgan fingerprint density at radius 2 is 1.36 bits per heavy atom. The molecule has 68 valence electrons. The van der Waals surface area contributed by atoms with E-state index in [1.165, 1.54) is 25.7 Å². The van der Waals surface area contributed by atoms with Crippen LogP contribution in [0.1, 0.15) is 60.8 Å². The lowest BCUT2D eigenvalue weighted by molar-refractivity contribution is 0.117. The van der Waals surface area contributed by atoms with E-state index in [0.29, 0.717) is 10.8 Å². The fraction of sp³-hybridized carbons (Fsp3) is 1.00.